The van der Waals surface area contributed by atoms with E-state index in [1.807, 2.05) is 17.0 Å². The van der Waals surface area contributed by atoms with Gasteiger partial charge in [-0.3, -0.25) is 14.6 Å². The van der Waals surface area contributed by atoms with Gasteiger partial charge in [-0.1, -0.05) is 6.92 Å². The van der Waals surface area contributed by atoms with Gasteiger partial charge in [-0.05, 0) is 67.1 Å². The molecule has 3 rings (SSSR count). The van der Waals surface area contributed by atoms with Crippen molar-refractivity contribution in [1.29, 1.82) is 0 Å². The molecule has 1 aliphatic rings. The normalized spacial score (nSPS) is 16.8. The summed E-state index contributed by atoms with van der Waals surface area (Å²) < 4.78 is 0. The Morgan fingerprint density at radius 3 is 2.44 bits per heavy atom. The number of hydrogen-bond acceptors (Lipinski definition) is 3. The van der Waals surface area contributed by atoms with Crippen LogP contribution in [-0.4, -0.2) is 53.3 Å². The number of rotatable bonds is 5. The molecule has 5 nitrogen and oxygen atoms in total. The van der Waals surface area contributed by atoms with E-state index in [4.69, 9.17) is 0 Å². The maximum Gasteiger partial charge on any atom is 0.253 e. The second-order valence-electron chi connectivity index (χ2n) is 7.41. The van der Waals surface area contributed by atoms with Gasteiger partial charge in [0, 0.05) is 50.2 Å². The number of carbonyl (C=O) groups is 2. The third-order valence-corrected chi connectivity index (χ3v) is 5.15. The van der Waals surface area contributed by atoms with E-state index in [1.165, 1.54) is 6.42 Å². The van der Waals surface area contributed by atoms with Gasteiger partial charge in [0.2, 0.25) is 0 Å². The van der Waals surface area contributed by atoms with Gasteiger partial charge in [0.05, 0.1) is 0 Å². The third-order valence-electron chi connectivity index (χ3n) is 5.15. The second-order valence-corrected chi connectivity index (χ2v) is 7.41. The molecular weight excluding hydrogens is 338 g/mol. The highest BCUT2D eigenvalue weighted by Gasteiger charge is 2.22. The fourth-order valence-corrected chi connectivity index (χ4v) is 3.48. The molecule has 27 heavy (non-hydrogen) atoms. The summed E-state index contributed by atoms with van der Waals surface area (Å²) in [6.07, 6.45) is 6.55. The average molecular weight is 365 g/mol. The molecule has 0 spiro atoms. The lowest BCUT2D eigenvalue weighted by molar-refractivity contribution is 0.0682. The van der Waals surface area contributed by atoms with Crippen LogP contribution in [0.1, 0.15) is 46.0 Å². The van der Waals surface area contributed by atoms with E-state index in [2.05, 4.69) is 11.9 Å². The van der Waals surface area contributed by atoms with Crippen molar-refractivity contribution in [3.63, 3.8) is 0 Å². The van der Waals surface area contributed by atoms with Crippen molar-refractivity contribution in [3.05, 3.63) is 65.5 Å². The minimum atomic E-state index is -0.0327. The van der Waals surface area contributed by atoms with Crippen LogP contribution in [0.5, 0.6) is 0 Å². The number of pyridine rings is 1. The van der Waals surface area contributed by atoms with Gasteiger partial charge in [0.1, 0.15) is 0 Å². The zero-order chi connectivity index (χ0) is 19.2. The number of benzene rings is 1. The summed E-state index contributed by atoms with van der Waals surface area (Å²) in [4.78, 5) is 32.9. The van der Waals surface area contributed by atoms with Gasteiger partial charge < -0.3 is 9.80 Å². The molecule has 1 atom stereocenters. The highest BCUT2D eigenvalue weighted by molar-refractivity contribution is 5.97. The van der Waals surface area contributed by atoms with Crippen molar-refractivity contribution in [1.82, 2.24) is 14.8 Å². The average Bonchev–Trinajstić information content (AvgIpc) is 2.72. The fourth-order valence-electron chi connectivity index (χ4n) is 3.48. The second kappa shape index (κ2) is 8.80. The summed E-state index contributed by atoms with van der Waals surface area (Å²) in [5.74, 6) is 0.582. The summed E-state index contributed by atoms with van der Waals surface area (Å²) in [5, 5.41) is 0. The van der Waals surface area contributed by atoms with Crippen molar-refractivity contribution in [2.75, 3.05) is 26.7 Å². The Kier molecular flexibility index (Phi) is 6.22. The Morgan fingerprint density at radius 1 is 1.11 bits per heavy atom. The number of amides is 2. The SMILES string of the molecule is CC1CCCN(C(=O)c2ccc(C(=O)N(C)CCc3ccncc3)cc2)C1. The number of likely N-dealkylation sites (N-methyl/N-ethyl adjacent to an activating group) is 1. The van der Waals surface area contributed by atoms with Crippen LogP contribution in [0.4, 0.5) is 0 Å². The van der Waals surface area contributed by atoms with E-state index in [-0.39, 0.29) is 11.8 Å². The number of hydrogen-bond donors (Lipinski definition) is 0. The predicted molar refractivity (Wildman–Crippen MR) is 106 cm³/mol. The molecule has 2 aromatic rings. The lowest BCUT2D eigenvalue weighted by Gasteiger charge is -2.31. The van der Waals surface area contributed by atoms with Crippen molar-refractivity contribution in [2.45, 2.75) is 26.2 Å². The number of aromatic nitrogens is 1. The van der Waals surface area contributed by atoms with Crippen molar-refractivity contribution in [3.8, 4) is 0 Å². The van der Waals surface area contributed by atoms with Crippen molar-refractivity contribution in [2.24, 2.45) is 5.92 Å². The van der Waals surface area contributed by atoms with Gasteiger partial charge in [-0.2, -0.15) is 0 Å². The smallest absolute Gasteiger partial charge is 0.253 e. The molecule has 1 aromatic carbocycles. The molecule has 1 aromatic heterocycles. The molecule has 1 fully saturated rings. The Balaban J connectivity index is 1.58. The molecule has 142 valence electrons. The first-order valence-corrected chi connectivity index (χ1v) is 9.58. The first-order chi connectivity index (χ1) is 13.0. The van der Waals surface area contributed by atoms with Crippen molar-refractivity contribution >= 4 is 11.8 Å². The van der Waals surface area contributed by atoms with E-state index in [0.29, 0.717) is 23.6 Å². The minimum Gasteiger partial charge on any atom is -0.341 e. The molecule has 2 amide bonds. The van der Waals surface area contributed by atoms with Crippen molar-refractivity contribution < 1.29 is 9.59 Å². The monoisotopic (exact) mass is 365 g/mol. The molecule has 1 saturated heterocycles. The fraction of sp³-hybridized carbons (Fsp3) is 0.409. The van der Waals surface area contributed by atoms with Crippen LogP contribution in [0.2, 0.25) is 0 Å². The zero-order valence-corrected chi connectivity index (χ0v) is 16.1. The van der Waals surface area contributed by atoms with Crippen LogP contribution >= 0.6 is 0 Å². The summed E-state index contributed by atoms with van der Waals surface area (Å²) >= 11 is 0. The third kappa shape index (κ3) is 4.94. The summed E-state index contributed by atoms with van der Waals surface area (Å²) in [7, 11) is 1.80. The van der Waals surface area contributed by atoms with Crippen LogP contribution in [0.25, 0.3) is 0 Å². The molecule has 0 N–H and O–H groups in total. The van der Waals surface area contributed by atoms with Crippen LogP contribution in [0, 0.1) is 5.92 Å². The molecule has 1 aliphatic heterocycles. The van der Waals surface area contributed by atoms with Gasteiger partial charge in [-0.25, -0.2) is 0 Å². The Morgan fingerprint density at radius 2 is 1.78 bits per heavy atom. The van der Waals surface area contributed by atoms with E-state index >= 15 is 0 Å². The van der Waals surface area contributed by atoms with Gasteiger partial charge in [0.25, 0.3) is 11.8 Å². The molecule has 0 aliphatic carbocycles. The summed E-state index contributed by atoms with van der Waals surface area (Å²) in [6.45, 7) is 4.46. The topological polar surface area (TPSA) is 53.5 Å². The lowest BCUT2D eigenvalue weighted by Crippen LogP contribution is -2.39. The highest BCUT2D eigenvalue weighted by atomic mass is 16.2. The van der Waals surface area contributed by atoms with Crippen LogP contribution in [-0.2, 0) is 6.42 Å². The predicted octanol–water partition coefficient (Wildman–Crippen LogP) is 3.27. The van der Waals surface area contributed by atoms with Gasteiger partial charge in [0.15, 0.2) is 0 Å². The first-order valence-electron chi connectivity index (χ1n) is 9.58. The molecule has 0 saturated carbocycles. The zero-order valence-electron chi connectivity index (χ0n) is 16.1. The Hall–Kier alpha value is -2.69. The molecule has 1 unspecified atom stereocenters. The van der Waals surface area contributed by atoms with E-state index in [9.17, 15) is 9.59 Å². The van der Waals surface area contributed by atoms with E-state index in [1.54, 1.807) is 48.6 Å². The molecular formula is C22H27N3O2. The number of carbonyl (C=O) groups excluding carboxylic acids is 2. The Labute approximate surface area is 161 Å². The van der Waals surface area contributed by atoms with Gasteiger partial charge in [-0.15, -0.1) is 0 Å². The van der Waals surface area contributed by atoms with Gasteiger partial charge >= 0.3 is 0 Å². The van der Waals surface area contributed by atoms with Crippen LogP contribution in [0.3, 0.4) is 0 Å². The largest absolute Gasteiger partial charge is 0.341 e. The maximum absolute atomic E-state index is 12.6. The highest BCUT2D eigenvalue weighted by Crippen LogP contribution is 2.18. The quantitative estimate of drug-likeness (QED) is 0.817. The Bertz CT molecular complexity index is 774. The summed E-state index contributed by atoms with van der Waals surface area (Å²) in [6, 6.07) is 11.0. The van der Waals surface area contributed by atoms with Crippen LogP contribution < -0.4 is 0 Å². The minimum absolute atomic E-state index is 0.0327. The number of likely N-dealkylation sites (tertiary alicyclic amines) is 1. The molecule has 5 heteroatoms. The maximum atomic E-state index is 12.6. The molecule has 0 bridgehead atoms. The number of nitrogens with zero attached hydrogens (tertiary/aromatic N) is 3. The van der Waals surface area contributed by atoms with Crippen LogP contribution in [0.15, 0.2) is 48.8 Å². The van der Waals surface area contributed by atoms with E-state index in [0.717, 1.165) is 31.5 Å². The van der Waals surface area contributed by atoms with E-state index < -0.39 is 0 Å². The molecule has 2 heterocycles. The first kappa shape index (κ1) is 19.1. The molecule has 0 radical (unpaired) electrons. The number of piperidine rings is 1. The standard InChI is InChI=1S/C22H27N3O2/c1-17-4-3-14-25(16-17)22(27)20-7-5-19(6-8-20)21(26)24(2)15-11-18-9-12-23-13-10-18/h5-10,12-13,17H,3-4,11,14-16H2,1-2H3. The lowest BCUT2D eigenvalue weighted by atomic mass is 9.99. The summed E-state index contributed by atoms with van der Waals surface area (Å²) in [5.41, 5.74) is 2.41.